The number of alkyl halides is 2. The summed E-state index contributed by atoms with van der Waals surface area (Å²) in [6.45, 7) is 1.55. The van der Waals surface area contributed by atoms with Crippen molar-refractivity contribution in [2.75, 3.05) is 26.9 Å². The van der Waals surface area contributed by atoms with Crippen LogP contribution >= 0.6 is 11.9 Å². The lowest BCUT2D eigenvalue weighted by Gasteiger charge is -2.14. The number of fused-ring (bicyclic) bond motifs is 1. The molecule has 1 aliphatic heterocycles. The van der Waals surface area contributed by atoms with Crippen molar-refractivity contribution in [2.45, 2.75) is 37.4 Å². The lowest BCUT2D eigenvalue weighted by atomic mass is 10.3. The largest absolute Gasteiger partial charge is 0.491 e. The number of ether oxygens (including phenoxy) is 2. The molecule has 0 atom stereocenters. The number of rotatable bonds is 10. The van der Waals surface area contributed by atoms with Gasteiger partial charge in [0.25, 0.3) is 6.43 Å². The van der Waals surface area contributed by atoms with Crippen LogP contribution in [0, 0.1) is 0 Å². The molecule has 12 heteroatoms. The molecule has 1 aromatic carbocycles. The van der Waals surface area contributed by atoms with Gasteiger partial charge in [0.05, 0.1) is 36.5 Å². The number of aliphatic hydroxyl groups is 1. The Labute approximate surface area is 200 Å². The Bertz CT molecular complexity index is 1010. The quantitative estimate of drug-likeness (QED) is 0.432. The zero-order chi connectivity index (χ0) is 24.3. The molecule has 1 aliphatic rings. The van der Waals surface area contributed by atoms with Gasteiger partial charge in [-0.15, -0.1) is 0 Å². The van der Waals surface area contributed by atoms with Gasteiger partial charge in [0.15, 0.2) is 0 Å². The highest BCUT2D eigenvalue weighted by Crippen LogP contribution is 2.26. The maximum Gasteiger partial charge on any atom is 0.257 e. The monoisotopic (exact) mass is 495 g/mol. The van der Waals surface area contributed by atoms with E-state index in [0.29, 0.717) is 31.2 Å². The summed E-state index contributed by atoms with van der Waals surface area (Å²) in [5.74, 6) is 0.794. The van der Waals surface area contributed by atoms with Gasteiger partial charge in [-0.3, -0.25) is 9.48 Å². The number of halogens is 2. The zero-order valence-electron chi connectivity index (χ0n) is 18.7. The van der Waals surface area contributed by atoms with Crippen LogP contribution in [0.5, 0.6) is 5.75 Å². The van der Waals surface area contributed by atoms with Crippen LogP contribution in [-0.4, -0.2) is 68.2 Å². The van der Waals surface area contributed by atoms with Gasteiger partial charge < -0.3 is 19.5 Å². The normalized spacial score (nSPS) is 12.4. The number of carbonyl (C=O) groups excluding carboxylic acids is 1. The molecule has 0 bridgehead atoms. The predicted octanol–water partition coefficient (Wildman–Crippen LogP) is 2.84. The van der Waals surface area contributed by atoms with Gasteiger partial charge in [0, 0.05) is 50.0 Å². The highest BCUT2D eigenvalue weighted by molar-refractivity contribution is 7.97. The van der Waals surface area contributed by atoms with E-state index in [1.807, 2.05) is 36.5 Å². The summed E-state index contributed by atoms with van der Waals surface area (Å²) in [7, 11) is 1.66. The molecule has 1 N–H and O–H groups in total. The third-order valence-electron chi connectivity index (χ3n) is 4.67. The van der Waals surface area contributed by atoms with Crippen molar-refractivity contribution in [3.8, 4) is 5.75 Å². The SMILES string of the molecule is COCCOc1ccccc1.O=C(CCO)N1Cc2cn(Sc3cnn(CC(F)F)c3)nc2C1. The molecule has 2 aromatic heterocycles. The molecule has 0 radical (unpaired) electrons. The van der Waals surface area contributed by atoms with E-state index in [1.54, 1.807) is 22.3 Å². The van der Waals surface area contributed by atoms with Crippen molar-refractivity contribution in [2.24, 2.45) is 0 Å². The van der Waals surface area contributed by atoms with Crippen LogP contribution in [0.1, 0.15) is 17.7 Å². The molecule has 34 heavy (non-hydrogen) atoms. The molecule has 0 saturated carbocycles. The molecular weight excluding hydrogens is 468 g/mol. The van der Waals surface area contributed by atoms with Gasteiger partial charge in [-0.1, -0.05) is 18.2 Å². The summed E-state index contributed by atoms with van der Waals surface area (Å²) in [4.78, 5) is 14.1. The van der Waals surface area contributed by atoms with Gasteiger partial charge in [0.2, 0.25) is 5.91 Å². The number of aliphatic hydroxyl groups excluding tert-OH is 1. The van der Waals surface area contributed by atoms with Gasteiger partial charge in [-0.2, -0.15) is 10.2 Å². The lowest BCUT2D eigenvalue weighted by Crippen LogP contribution is -2.26. The highest BCUT2D eigenvalue weighted by Gasteiger charge is 2.26. The molecular formula is C22H27F2N5O4S. The minimum atomic E-state index is -2.44. The summed E-state index contributed by atoms with van der Waals surface area (Å²) in [6.07, 6.45) is 2.54. The Morgan fingerprint density at radius 3 is 2.68 bits per heavy atom. The maximum atomic E-state index is 12.3. The number of nitrogens with zero attached hydrogens (tertiary/aromatic N) is 5. The second-order valence-corrected chi connectivity index (χ2v) is 8.29. The van der Waals surface area contributed by atoms with E-state index in [0.717, 1.165) is 17.0 Å². The first-order valence-electron chi connectivity index (χ1n) is 10.6. The Kier molecular flexibility index (Phi) is 9.86. The van der Waals surface area contributed by atoms with Crippen LogP contribution in [0.3, 0.4) is 0 Å². The molecule has 9 nitrogen and oxygen atoms in total. The van der Waals surface area contributed by atoms with Crippen molar-refractivity contribution >= 4 is 17.9 Å². The van der Waals surface area contributed by atoms with E-state index in [1.165, 1.54) is 22.8 Å². The smallest absolute Gasteiger partial charge is 0.257 e. The minimum absolute atomic E-state index is 0.0991. The van der Waals surface area contributed by atoms with Gasteiger partial charge in [0.1, 0.15) is 18.9 Å². The molecule has 1 amide bonds. The van der Waals surface area contributed by atoms with E-state index in [4.69, 9.17) is 14.6 Å². The minimum Gasteiger partial charge on any atom is -0.491 e. The van der Waals surface area contributed by atoms with Crippen LogP contribution in [0.25, 0.3) is 0 Å². The third-order valence-corrected chi connectivity index (χ3v) is 5.47. The van der Waals surface area contributed by atoms with Crippen molar-refractivity contribution in [1.29, 1.82) is 0 Å². The summed E-state index contributed by atoms with van der Waals surface area (Å²) >= 11 is 1.27. The number of carbonyl (C=O) groups is 1. The van der Waals surface area contributed by atoms with Gasteiger partial charge >= 0.3 is 0 Å². The molecule has 0 fully saturated rings. The van der Waals surface area contributed by atoms with Crippen LogP contribution in [0.2, 0.25) is 0 Å². The summed E-state index contributed by atoms with van der Waals surface area (Å²) in [6, 6.07) is 9.71. The number of amides is 1. The average molecular weight is 496 g/mol. The van der Waals surface area contributed by atoms with Gasteiger partial charge in [-0.05, 0) is 12.1 Å². The number of hydrogen-bond donors (Lipinski definition) is 1. The van der Waals surface area contributed by atoms with Crippen LogP contribution in [-0.2, 0) is 29.2 Å². The van der Waals surface area contributed by atoms with E-state index in [9.17, 15) is 13.6 Å². The Hall–Kier alpha value is -2.96. The number of aromatic nitrogens is 4. The predicted molar refractivity (Wildman–Crippen MR) is 121 cm³/mol. The van der Waals surface area contributed by atoms with Crippen molar-refractivity contribution in [1.82, 2.24) is 23.9 Å². The molecule has 3 aromatic rings. The number of hydrogen-bond acceptors (Lipinski definition) is 7. The van der Waals surface area contributed by atoms with Crippen LogP contribution < -0.4 is 4.74 Å². The molecule has 0 saturated heterocycles. The average Bonchev–Trinajstić information content (AvgIpc) is 3.50. The molecule has 4 rings (SSSR count). The first kappa shape index (κ1) is 25.7. The van der Waals surface area contributed by atoms with Crippen molar-refractivity contribution < 1.29 is 28.2 Å². The van der Waals surface area contributed by atoms with Crippen LogP contribution in [0.15, 0.2) is 53.8 Å². The Balaban J connectivity index is 0.000000248. The van der Waals surface area contributed by atoms with E-state index in [2.05, 4.69) is 10.2 Å². The Morgan fingerprint density at radius 2 is 2.00 bits per heavy atom. The molecule has 3 heterocycles. The third kappa shape index (κ3) is 7.82. The second-order valence-electron chi connectivity index (χ2n) is 7.26. The number of para-hydroxylation sites is 1. The maximum absolute atomic E-state index is 12.3. The van der Waals surface area contributed by atoms with E-state index < -0.39 is 13.0 Å². The topological polar surface area (TPSA) is 94.6 Å². The van der Waals surface area contributed by atoms with E-state index in [-0.39, 0.29) is 18.9 Å². The van der Waals surface area contributed by atoms with E-state index >= 15 is 0 Å². The molecule has 184 valence electrons. The van der Waals surface area contributed by atoms with Crippen LogP contribution in [0.4, 0.5) is 8.78 Å². The fourth-order valence-corrected chi connectivity index (χ4v) is 3.90. The first-order valence-corrected chi connectivity index (χ1v) is 11.4. The summed E-state index contributed by atoms with van der Waals surface area (Å²) in [5.41, 5.74) is 1.76. The summed E-state index contributed by atoms with van der Waals surface area (Å²) < 4.78 is 37.6. The zero-order valence-corrected chi connectivity index (χ0v) is 19.5. The van der Waals surface area contributed by atoms with Crippen molar-refractivity contribution in [3.05, 3.63) is 60.2 Å². The lowest BCUT2D eigenvalue weighted by molar-refractivity contribution is -0.132. The standard InChI is InChI=1S/C13H15F2N5O2S.C9H12O2/c14-12(15)8-19-6-10(3-16-19)23-20-5-9-4-18(7-11(9)17-20)13(22)1-2-21;1-10-7-8-11-9-5-3-2-4-6-9/h3,5-6,12,21H,1-2,4,7-8H2;2-6H,7-8H2,1H3. The second kappa shape index (κ2) is 13.1. The van der Waals surface area contributed by atoms with Crippen molar-refractivity contribution in [3.63, 3.8) is 0 Å². The first-order chi connectivity index (χ1) is 16.5. The fourth-order valence-electron chi connectivity index (χ4n) is 3.10. The highest BCUT2D eigenvalue weighted by atomic mass is 32.2. The fraction of sp³-hybridized carbons (Fsp3) is 0.409. The summed E-state index contributed by atoms with van der Waals surface area (Å²) in [5, 5.41) is 17.1. The molecule has 0 unspecified atom stereocenters. The number of benzene rings is 1. The van der Waals surface area contributed by atoms with Gasteiger partial charge in [-0.25, -0.2) is 12.9 Å². The molecule has 0 spiro atoms. The Morgan fingerprint density at radius 1 is 1.21 bits per heavy atom. The number of methoxy groups -OCH3 is 1. The molecule has 0 aliphatic carbocycles.